The molecule has 4 heteroatoms. The van der Waals surface area contributed by atoms with E-state index in [2.05, 4.69) is 0 Å². The van der Waals surface area contributed by atoms with Crippen molar-refractivity contribution in [3.8, 4) is 0 Å². The first kappa shape index (κ1) is 13.9. The number of rotatable bonds is 5. The second-order valence-electron chi connectivity index (χ2n) is 4.19. The van der Waals surface area contributed by atoms with Gasteiger partial charge < -0.3 is 4.74 Å². The molecule has 0 spiro atoms. The van der Waals surface area contributed by atoms with Gasteiger partial charge in [0.25, 0.3) is 6.17 Å². The molecular weight excluding hydrogens is 259 g/mol. The summed E-state index contributed by atoms with van der Waals surface area (Å²) in [6.45, 7) is -0.0534. The molecule has 1 unspecified atom stereocenters. The van der Waals surface area contributed by atoms with Crippen LogP contribution in [0.4, 0.5) is 4.39 Å². The van der Waals surface area contributed by atoms with E-state index in [0.29, 0.717) is 0 Å². The van der Waals surface area contributed by atoms with Gasteiger partial charge in [-0.3, -0.25) is 4.79 Å². The number of benzene rings is 2. The van der Waals surface area contributed by atoms with Gasteiger partial charge in [0.2, 0.25) is 5.78 Å². The minimum Gasteiger partial charge on any atom is -0.458 e. The Bertz CT molecular complexity index is 581. The van der Waals surface area contributed by atoms with Crippen molar-refractivity contribution in [3.05, 3.63) is 71.8 Å². The number of Topliss-reactive ketones (excluding diaryl/α,β-unsaturated/α-hetero) is 1. The second kappa shape index (κ2) is 6.61. The zero-order chi connectivity index (χ0) is 14.4. The van der Waals surface area contributed by atoms with Gasteiger partial charge in [0.05, 0.1) is 0 Å². The number of esters is 1. The van der Waals surface area contributed by atoms with E-state index in [0.717, 1.165) is 5.56 Å². The highest BCUT2D eigenvalue weighted by Crippen LogP contribution is 2.09. The van der Waals surface area contributed by atoms with Crippen LogP contribution in [0.15, 0.2) is 60.7 Å². The fraction of sp³-hybridized carbons (Fsp3) is 0.125. The van der Waals surface area contributed by atoms with Crippen molar-refractivity contribution in [3.63, 3.8) is 0 Å². The van der Waals surface area contributed by atoms with Crippen molar-refractivity contribution in [1.29, 1.82) is 0 Å². The van der Waals surface area contributed by atoms with E-state index in [1.807, 2.05) is 6.07 Å². The lowest BCUT2D eigenvalue weighted by Crippen LogP contribution is -2.27. The third-order valence-corrected chi connectivity index (χ3v) is 2.72. The van der Waals surface area contributed by atoms with Gasteiger partial charge in [0, 0.05) is 5.56 Å². The van der Waals surface area contributed by atoms with Crippen molar-refractivity contribution in [1.82, 2.24) is 0 Å². The van der Waals surface area contributed by atoms with Crippen LogP contribution in [0, 0.1) is 0 Å². The minimum atomic E-state index is -2.29. The Hall–Kier alpha value is -2.49. The smallest absolute Gasteiger partial charge is 0.349 e. The first-order valence-corrected chi connectivity index (χ1v) is 6.12. The fourth-order valence-corrected chi connectivity index (χ4v) is 1.66. The molecule has 0 aliphatic rings. The monoisotopic (exact) mass is 272 g/mol. The van der Waals surface area contributed by atoms with Crippen molar-refractivity contribution in [2.45, 2.75) is 12.8 Å². The standard InChI is InChI=1S/C16H13FO3/c17-14(15(18)13-9-5-2-6-10-13)16(19)20-11-12-7-3-1-4-8-12/h1-10,14H,11H2. The zero-order valence-electron chi connectivity index (χ0n) is 10.7. The van der Waals surface area contributed by atoms with Gasteiger partial charge in [0.1, 0.15) is 6.61 Å². The lowest BCUT2D eigenvalue weighted by atomic mass is 10.1. The van der Waals surface area contributed by atoms with Crippen LogP contribution >= 0.6 is 0 Å². The largest absolute Gasteiger partial charge is 0.458 e. The number of carbonyl (C=O) groups is 2. The highest BCUT2D eigenvalue weighted by atomic mass is 19.1. The zero-order valence-corrected chi connectivity index (χ0v) is 10.7. The number of hydrogen-bond donors (Lipinski definition) is 0. The van der Waals surface area contributed by atoms with E-state index in [4.69, 9.17) is 4.74 Å². The van der Waals surface area contributed by atoms with E-state index in [1.54, 1.807) is 42.5 Å². The number of carbonyl (C=O) groups excluding carboxylic acids is 2. The van der Waals surface area contributed by atoms with E-state index in [1.165, 1.54) is 12.1 Å². The predicted octanol–water partition coefficient (Wildman–Crippen LogP) is 2.95. The number of ketones is 1. The normalized spacial score (nSPS) is 11.7. The summed E-state index contributed by atoms with van der Waals surface area (Å²) in [5, 5.41) is 0. The molecule has 0 saturated heterocycles. The Morgan fingerprint density at radius 1 is 0.950 bits per heavy atom. The van der Waals surface area contributed by atoms with E-state index >= 15 is 0 Å². The number of alkyl halides is 1. The van der Waals surface area contributed by atoms with Gasteiger partial charge in [-0.2, -0.15) is 0 Å². The van der Waals surface area contributed by atoms with Crippen molar-refractivity contribution in [2.24, 2.45) is 0 Å². The summed E-state index contributed by atoms with van der Waals surface area (Å²) in [7, 11) is 0. The molecule has 0 radical (unpaired) electrons. The number of hydrogen-bond acceptors (Lipinski definition) is 3. The molecule has 0 aliphatic carbocycles. The molecule has 0 amide bonds. The van der Waals surface area contributed by atoms with Crippen LogP contribution in [-0.2, 0) is 16.1 Å². The summed E-state index contributed by atoms with van der Waals surface area (Å²) in [5.41, 5.74) is 0.886. The molecule has 0 heterocycles. The van der Waals surface area contributed by atoms with Gasteiger partial charge in [-0.15, -0.1) is 0 Å². The molecule has 2 aromatic rings. The molecule has 102 valence electrons. The summed E-state index contributed by atoms with van der Waals surface area (Å²) in [4.78, 5) is 23.2. The lowest BCUT2D eigenvalue weighted by Gasteiger charge is -2.08. The van der Waals surface area contributed by atoms with Gasteiger partial charge >= 0.3 is 5.97 Å². The molecule has 1 atom stereocenters. The third-order valence-electron chi connectivity index (χ3n) is 2.72. The molecule has 0 saturated carbocycles. The fourth-order valence-electron chi connectivity index (χ4n) is 1.66. The summed E-state index contributed by atoms with van der Waals surface area (Å²) in [5.74, 6) is -2.05. The topological polar surface area (TPSA) is 43.4 Å². The van der Waals surface area contributed by atoms with Crippen LogP contribution in [-0.4, -0.2) is 17.9 Å². The second-order valence-corrected chi connectivity index (χ2v) is 4.19. The van der Waals surface area contributed by atoms with Gasteiger partial charge in [0.15, 0.2) is 0 Å². The summed E-state index contributed by atoms with van der Waals surface area (Å²) in [6.07, 6.45) is -2.29. The SMILES string of the molecule is O=C(OCc1ccccc1)C(F)C(=O)c1ccccc1. The number of halogens is 1. The van der Waals surface area contributed by atoms with E-state index in [-0.39, 0.29) is 12.2 Å². The quantitative estimate of drug-likeness (QED) is 0.477. The van der Waals surface area contributed by atoms with Gasteiger partial charge in [-0.25, -0.2) is 9.18 Å². The first-order chi connectivity index (χ1) is 9.68. The van der Waals surface area contributed by atoms with Crippen LogP contribution in [0.25, 0.3) is 0 Å². The molecule has 0 N–H and O–H groups in total. The first-order valence-electron chi connectivity index (χ1n) is 6.12. The Kier molecular flexibility index (Phi) is 4.60. The van der Waals surface area contributed by atoms with E-state index in [9.17, 15) is 14.0 Å². The Morgan fingerprint density at radius 2 is 1.50 bits per heavy atom. The molecule has 0 aromatic heterocycles. The van der Waals surface area contributed by atoms with Crippen LogP contribution < -0.4 is 0 Å². The average molecular weight is 272 g/mol. The Morgan fingerprint density at radius 3 is 2.10 bits per heavy atom. The maximum Gasteiger partial charge on any atom is 0.349 e. The predicted molar refractivity (Wildman–Crippen MR) is 71.9 cm³/mol. The molecule has 0 fully saturated rings. The highest BCUT2D eigenvalue weighted by Gasteiger charge is 2.28. The summed E-state index contributed by atoms with van der Waals surface area (Å²) in [6, 6.07) is 16.7. The van der Waals surface area contributed by atoms with Crippen molar-refractivity contribution < 1.29 is 18.7 Å². The van der Waals surface area contributed by atoms with Gasteiger partial charge in [-0.05, 0) is 5.56 Å². The van der Waals surface area contributed by atoms with Crippen LogP contribution in [0.2, 0.25) is 0 Å². The summed E-state index contributed by atoms with van der Waals surface area (Å²) >= 11 is 0. The molecule has 0 aliphatic heterocycles. The molecule has 2 rings (SSSR count). The number of ether oxygens (including phenoxy) is 1. The molecule has 2 aromatic carbocycles. The minimum absolute atomic E-state index is 0.0534. The molecule has 0 bridgehead atoms. The lowest BCUT2D eigenvalue weighted by molar-refractivity contribution is -0.148. The van der Waals surface area contributed by atoms with Crippen LogP contribution in [0.3, 0.4) is 0 Å². The molecule has 20 heavy (non-hydrogen) atoms. The van der Waals surface area contributed by atoms with Gasteiger partial charge in [-0.1, -0.05) is 60.7 Å². The third kappa shape index (κ3) is 3.51. The van der Waals surface area contributed by atoms with Crippen LogP contribution in [0.5, 0.6) is 0 Å². The molecule has 3 nitrogen and oxygen atoms in total. The highest BCUT2D eigenvalue weighted by molar-refractivity contribution is 6.10. The Labute approximate surface area is 116 Å². The Balaban J connectivity index is 1.94. The maximum absolute atomic E-state index is 13.8. The van der Waals surface area contributed by atoms with Crippen molar-refractivity contribution >= 4 is 11.8 Å². The van der Waals surface area contributed by atoms with Crippen LogP contribution in [0.1, 0.15) is 15.9 Å². The maximum atomic E-state index is 13.8. The summed E-state index contributed by atoms with van der Waals surface area (Å²) < 4.78 is 18.6. The molecular formula is C16H13FO3. The van der Waals surface area contributed by atoms with E-state index < -0.39 is 17.9 Å². The van der Waals surface area contributed by atoms with Crippen molar-refractivity contribution in [2.75, 3.05) is 0 Å². The average Bonchev–Trinajstić information content (AvgIpc) is 2.53.